The minimum absolute atomic E-state index is 0. The van der Waals surface area contributed by atoms with Gasteiger partial charge < -0.3 is 5.73 Å². The maximum absolute atomic E-state index is 5.86. The predicted molar refractivity (Wildman–Crippen MR) is 13.0 cm³/mol. The Kier molecular flexibility index (Phi) is 27.8. The molecule has 0 fully saturated rings. The Labute approximate surface area is 34.8 Å². The van der Waals surface area contributed by atoms with Crippen LogP contribution >= 0.6 is 0 Å². The van der Waals surface area contributed by atoms with Crippen molar-refractivity contribution in [2.45, 2.75) is 0 Å². The summed E-state index contributed by atoms with van der Waals surface area (Å²) in [4.78, 5) is 0. The van der Waals surface area contributed by atoms with E-state index in [0.717, 1.165) is 6.34 Å². The molecule has 2 nitrogen and oxygen atoms in total. The molecule has 0 saturated carbocycles. The molecule has 0 aliphatic heterocycles. The number of hydrogen-bond donors (Lipinski definition) is 2. The molecular formula is CH4N2Ni. The summed E-state index contributed by atoms with van der Waals surface area (Å²) in [5, 5.41) is 5.86. The SMILES string of the molecule is N=CN.[Ni]. The quantitative estimate of drug-likeness (QED) is 0.243. The average molecular weight is 103 g/mol. The van der Waals surface area contributed by atoms with Gasteiger partial charge in [0, 0.05) is 16.5 Å². The van der Waals surface area contributed by atoms with Crippen LogP contribution in [0, 0.1) is 5.41 Å². The number of nitrogens with two attached hydrogens (primary N) is 1. The Morgan fingerprint density at radius 3 is 1.75 bits per heavy atom. The van der Waals surface area contributed by atoms with Crippen molar-refractivity contribution in [2.24, 2.45) is 5.73 Å². The van der Waals surface area contributed by atoms with Crippen LogP contribution in [-0.2, 0) is 16.5 Å². The molecule has 0 radical (unpaired) electrons. The number of nitrogens with one attached hydrogen (secondary N) is 1. The molecule has 0 aromatic heterocycles. The van der Waals surface area contributed by atoms with Crippen LogP contribution in [0.2, 0.25) is 0 Å². The average Bonchev–Trinajstić information content (AvgIpc) is 0.918. The second kappa shape index (κ2) is 12.3. The van der Waals surface area contributed by atoms with E-state index in [1.165, 1.54) is 0 Å². The van der Waals surface area contributed by atoms with Gasteiger partial charge in [-0.3, -0.25) is 5.41 Å². The van der Waals surface area contributed by atoms with Crippen LogP contribution in [0.15, 0.2) is 0 Å². The maximum atomic E-state index is 5.86. The summed E-state index contributed by atoms with van der Waals surface area (Å²) in [5.41, 5.74) is 4.39. The first-order valence-corrected chi connectivity index (χ1v) is 0.622. The van der Waals surface area contributed by atoms with Crippen molar-refractivity contribution in [3.8, 4) is 0 Å². The molecule has 0 aliphatic carbocycles. The standard InChI is InChI=1S/CH4N2.Ni/c2-1-3;/h1H,(H3,2,3);. The van der Waals surface area contributed by atoms with Crippen molar-refractivity contribution in [3.05, 3.63) is 0 Å². The van der Waals surface area contributed by atoms with E-state index >= 15 is 0 Å². The largest absolute Gasteiger partial charge is 0.390 e. The number of hydrogen-bond acceptors (Lipinski definition) is 1. The summed E-state index contributed by atoms with van der Waals surface area (Å²) < 4.78 is 0. The van der Waals surface area contributed by atoms with E-state index in [4.69, 9.17) is 5.41 Å². The van der Waals surface area contributed by atoms with Gasteiger partial charge in [0.15, 0.2) is 0 Å². The smallest absolute Gasteiger partial charge is 0.0765 e. The van der Waals surface area contributed by atoms with E-state index < -0.39 is 0 Å². The molecule has 0 saturated heterocycles. The van der Waals surface area contributed by atoms with Gasteiger partial charge in [-0.25, -0.2) is 0 Å². The molecule has 0 unspecified atom stereocenters. The van der Waals surface area contributed by atoms with Crippen molar-refractivity contribution in [1.29, 1.82) is 5.41 Å². The van der Waals surface area contributed by atoms with E-state index in [1.807, 2.05) is 0 Å². The Morgan fingerprint density at radius 2 is 1.75 bits per heavy atom. The maximum Gasteiger partial charge on any atom is 0.0765 e. The topological polar surface area (TPSA) is 49.9 Å². The molecule has 0 aromatic carbocycles. The zero-order valence-corrected chi connectivity index (χ0v) is 2.96. The molecule has 3 N–H and O–H groups in total. The molecule has 3 heteroatoms. The predicted octanol–water partition coefficient (Wildman–Crippen LogP) is -0.450. The zero-order valence-electron chi connectivity index (χ0n) is 1.97. The minimum Gasteiger partial charge on any atom is -0.390 e. The van der Waals surface area contributed by atoms with E-state index in [0.29, 0.717) is 0 Å². The molecule has 28 valence electrons. The first kappa shape index (κ1) is 9.03. The fraction of sp³-hybridized carbons (Fsp3) is 0. The Morgan fingerprint density at radius 1 is 1.75 bits per heavy atom. The second-order valence-corrected chi connectivity index (χ2v) is 0.167. The third-order valence-corrected chi connectivity index (χ3v) is 0. The normalized spacial score (nSPS) is 3.00. The van der Waals surface area contributed by atoms with Gasteiger partial charge in [-0.2, -0.15) is 0 Å². The third kappa shape index (κ3) is 1370. The van der Waals surface area contributed by atoms with Gasteiger partial charge in [0.2, 0.25) is 0 Å². The van der Waals surface area contributed by atoms with Gasteiger partial charge in [0.05, 0.1) is 6.34 Å². The zero-order chi connectivity index (χ0) is 2.71. The second-order valence-electron chi connectivity index (χ2n) is 0.167. The van der Waals surface area contributed by atoms with Crippen LogP contribution in [0.25, 0.3) is 0 Å². The fourth-order valence-corrected chi connectivity index (χ4v) is 0. The monoisotopic (exact) mass is 102 g/mol. The third-order valence-electron chi connectivity index (χ3n) is 0. The Hall–Kier alpha value is -0.0365. The summed E-state index contributed by atoms with van der Waals surface area (Å²) in [5.74, 6) is 0. The molecule has 0 heterocycles. The Bertz CT molecular complexity index is 13.5. The molecule has 0 amide bonds. The summed E-state index contributed by atoms with van der Waals surface area (Å²) in [6.07, 6.45) is 0.750. The van der Waals surface area contributed by atoms with Gasteiger partial charge in [0.1, 0.15) is 0 Å². The molecule has 0 aromatic rings. The molecular weight excluding hydrogens is 98.7 g/mol. The van der Waals surface area contributed by atoms with E-state index in [-0.39, 0.29) is 16.5 Å². The van der Waals surface area contributed by atoms with Crippen LogP contribution in [-0.4, -0.2) is 6.34 Å². The minimum atomic E-state index is 0. The van der Waals surface area contributed by atoms with E-state index in [9.17, 15) is 0 Å². The van der Waals surface area contributed by atoms with Crippen molar-refractivity contribution >= 4 is 6.34 Å². The first-order chi connectivity index (χ1) is 1.41. The van der Waals surface area contributed by atoms with Gasteiger partial charge in [-0.05, 0) is 0 Å². The first-order valence-electron chi connectivity index (χ1n) is 0.622. The molecule has 0 atom stereocenters. The van der Waals surface area contributed by atoms with Crippen molar-refractivity contribution in [2.75, 3.05) is 0 Å². The van der Waals surface area contributed by atoms with Gasteiger partial charge in [0.25, 0.3) is 0 Å². The summed E-state index contributed by atoms with van der Waals surface area (Å²) >= 11 is 0. The van der Waals surface area contributed by atoms with Crippen LogP contribution in [0.5, 0.6) is 0 Å². The van der Waals surface area contributed by atoms with Crippen LogP contribution in [0.3, 0.4) is 0 Å². The van der Waals surface area contributed by atoms with Crippen LogP contribution < -0.4 is 5.73 Å². The molecule has 0 rings (SSSR count). The summed E-state index contributed by atoms with van der Waals surface area (Å²) in [6.45, 7) is 0. The van der Waals surface area contributed by atoms with Gasteiger partial charge >= 0.3 is 0 Å². The Balaban J connectivity index is 0. The summed E-state index contributed by atoms with van der Waals surface area (Å²) in [7, 11) is 0. The number of rotatable bonds is 0. The van der Waals surface area contributed by atoms with Crippen LogP contribution in [0.4, 0.5) is 0 Å². The molecule has 0 spiro atoms. The van der Waals surface area contributed by atoms with Gasteiger partial charge in [-0.15, -0.1) is 0 Å². The fourth-order valence-electron chi connectivity index (χ4n) is 0. The van der Waals surface area contributed by atoms with Crippen molar-refractivity contribution < 1.29 is 16.5 Å². The summed E-state index contributed by atoms with van der Waals surface area (Å²) in [6, 6.07) is 0. The van der Waals surface area contributed by atoms with Gasteiger partial charge in [-0.1, -0.05) is 0 Å². The van der Waals surface area contributed by atoms with Crippen LogP contribution in [0.1, 0.15) is 0 Å². The van der Waals surface area contributed by atoms with Crippen molar-refractivity contribution in [1.82, 2.24) is 0 Å². The molecule has 0 bridgehead atoms. The molecule has 0 aliphatic rings. The molecule has 4 heavy (non-hydrogen) atoms. The van der Waals surface area contributed by atoms with E-state index in [2.05, 4.69) is 5.73 Å². The van der Waals surface area contributed by atoms with E-state index in [1.54, 1.807) is 0 Å². The van der Waals surface area contributed by atoms with Crippen molar-refractivity contribution in [3.63, 3.8) is 0 Å².